The molecule has 1 aliphatic carbocycles. The topological polar surface area (TPSA) is 91.0 Å². The summed E-state index contributed by atoms with van der Waals surface area (Å²) >= 11 is 5.97. The van der Waals surface area contributed by atoms with Crippen LogP contribution in [-0.2, 0) is 10.2 Å². The first-order valence-corrected chi connectivity index (χ1v) is 11.0. The van der Waals surface area contributed by atoms with Crippen LogP contribution in [0.1, 0.15) is 12.8 Å². The van der Waals surface area contributed by atoms with Crippen LogP contribution in [0.2, 0.25) is 5.02 Å². The highest BCUT2D eigenvalue weighted by Crippen LogP contribution is 2.46. The number of amides is 2. The van der Waals surface area contributed by atoms with Crippen molar-refractivity contribution in [2.24, 2.45) is 0 Å². The van der Waals surface area contributed by atoms with Gasteiger partial charge in [-0.05, 0) is 43.2 Å². The normalized spacial score (nSPS) is 17.0. The van der Waals surface area contributed by atoms with Crippen LogP contribution in [0, 0.1) is 0 Å². The molecule has 2 aromatic carbocycles. The van der Waals surface area contributed by atoms with Crippen LogP contribution in [0.3, 0.4) is 0 Å². The third kappa shape index (κ3) is 3.79. The highest BCUT2D eigenvalue weighted by Gasteiger charge is 2.47. The summed E-state index contributed by atoms with van der Waals surface area (Å²) in [6.45, 7) is 0.267. The first-order chi connectivity index (χ1) is 13.9. The number of fused-ring (bicyclic) bond motifs is 1. The third-order valence-electron chi connectivity index (χ3n) is 4.80. The van der Waals surface area contributed by atoms with Gasteiger partial charge in [-0.2, -0.15) is 8.42 Å². The van der Waals surface area contributed by atoms with Crippen LogP contribution < -0.4 is 24.0 Å². The second-order valence-corrected chi connectivity index (χ2v) is 8.99. The molecule has 0 spiro atoms. The van der Waals surface area contributed by atoms with Crippen molar-refractivity contribution in [1.29, 1.82) is 0 Å². The number of carbonyl (C=O) groups excluding carboxylic acids is 1. The van der Waals surface area contributed by atoms with E-state index in [0.717, 1.165) is 12.8 Å². The van der Waals surface area contributed by atoms with Crippen molar-refractivity contribution < 1.29 is 17.9 Å². The number of anilines is 3. The number of ether oxygens (including phenoxy) is 1. The van der Waals surface area contributed by atoms with Gasteiger partial charge in [0.25, 0.3) is 0 Å². The largest absolute Gasteiger partial charge is 0.495 e. The van der Waals surface area contributed by atoms with Crippen molar-refractivity contribution in [1.82, 2.24) is 5.32 Å². The molecule has 0 atom stereocenters. The van der Waals surface area contributed by atoms with E-state index < -0.39 is 16.2 Å². The van der Waals surface area contributed by atoms with E-state index in [1.165, 1.54) is 15.7 Å². The second kappa shape index (κ2) is 7.64. The Kier molecular flexibility index (Phi) is 5.18. The Labute approximate surface area is 174 Å². The van der Waals surface area contributed by atoms with Crippen molar-refractivity contribution in [3.8, 4) is 5.75 Å². The third-order valence-corrected chi connectivity index (χ3v) is 6.97. The first kappa shape index (κ1) is 19.7. The van der Waals surface area contributed by atoms with E-state index in [1.807, 2.05) is 18.2 Å². The predicted octanol–water partition coefficient (Wildman–Crippen LogP) is 3.20. The molecule has 2 amide bonds. The Morgan fingerprint density at radius 2 is 1.93 bits per heavy atom. The summed E-state index contributed by atoms with van der Waals surface area (Å²) in [5, 5.41) is 5.81. The van der Waals surface area contributed by atoms with Crippen molar-refractivity contribution in [3.05, 3.63) is 47.5 Å². The molecule has 0 radical (unpaired) electrons. The summed E-state index contributed by atoms with van der Waals surface area (Å²) in [7, 11) is -2.15. The lowest BCUT2D eigenvalue weighted by atomic mass is 10.2. The quantitative estimate of drug-likeness (QED) is 0.727. The molecule has 0 bridgehead atoms. The molecule has 154 valence electrons. The molecule has 1 heterocycles. The maximum Gasteiger partial charge on any atom is 0.326 e. The minimum absolute atomic E-state index is 0.0256. The molecule has 2 aromatic rings. The number of nitrogens with zero attached hydrogens (tertiary/aromatic N) is 2. The number of nitrogens with one attached hydrogen (secondary N) is 2. The van der Waals surface area contributed by atoms with Gasteiger partial charge in [0.2, 0.25) is 0 Å². The molecule has 0 aromatic heterocycles. The SMILES string of the molecule is COc1ccc(Cl)cc1NC(=O)NCCN1c2ccccc2N(C2CC2)S1(=O)=O. The van der Waals surface area contributed by atoms with Gasteiger partial charge in [0.15, 0.2) is 0 Å². The lowest BCUT2D eigenvalue weighted by molar-refractivity contribution is 0.252. The lowest BCUT2D eigenvalue weighted by Gasteiger charge is -2.21. The van der Waals surface area contributed by atoms with Gasteiger partial charge in [0.1, 0.15) is 5.75 Å². The highest BCUT2D eigenvalue weighted by atomic mass is 35.5. The molecule has 10 heteroatoms. The number of halogens is 1. The molecular formula is C19H21ClN4O4S. The molecule has 1 aliphatic heterocycles. The van der Waals surface area contributed by atoms with E-state index in [4.69, 9.17) is 16.3 Å². The van der Waals surface area contributed by atoms with Crippen molar-refractivity contribution in [2.75, 3.05) is 34.1 Å². The van der Waals surface area contributed by atoms with Crippen LogP contribution in [0.25, 0.3) is 0 Å². The summed E-state index contributed by atoms with van der Waals surface area (Å²) in [5.41, 5.74) is 1.76. The standard InChI is InChI=1S/C19H21ClN4O4S/c1-28-18-9-6-13(20)12-15(18)22-19(25)21-10-11-23-16-4-2-3-5-17(16)24(14-7-8-14)29(23,26)27/h2-6,9,12,14H,7-8,10-11H2,1H3,(H2,21,22,25). The molecule has 1 fully saturated rings. The minimum Gasteiger partial charge on any atom is -0.495 e. The Hall–Kier alpha value is -2.65. The van der Waals surface area contributed by atoms with Crippen LogP contribution >= 0.6 is 11.6 Å². The van der Waals surface area contributed by atoms with Gasteiger partial charge in [-0.15, -0.1) is 0 Å². The molecule has 2 aliphatic rings. The predicted molar refractivity (Wildman–Crippen MR) is 113 cm³/mol. The number of hydrogen-bond donors (Lipinski definition) is 2. The fraction of sp³-hybridized carbons (Fsp3) is 0.316. The number of methoxy groups -OCH3 is 1. The maximum absolute atomic E-state index is 13.0. The molecule has 1 saturated carbocycles. The molecule has 8 nitrogen and oxygen atoms in total. The zero-order chi connectivity index (χ0) is 20.6. The zero-order valence-corrected chi connectivity index (χ0v) is 17.3. The van der Waals surface area contributed by atoms with E-state index in [2.05, 4.69) is 10.6 Å². The summed E-state index contributed by atoms with van der Waals surface area (Å²) in [4.78, 5) is 12.3. The summed E-state index contributed by atoms with van der Waals surface area (Å²) < 4.78 is 34.1. The highest BCUT2D eigenvalue weighted by molar-refractivity contribution is 7.94. The Bertz CT molecular complexity index is 1040. The summed E-state index contributed by atoms with van der Waals surface area (Å²) in [6.07, 6.45) is 1.73. The average Bonchev–Trinajstić information content (AvgIpc) is 3.47. The van der Waals surface area contributed by atoms with E-state index in [1.54, 1.807) is 24.3 Å². The zero-order valence-electron chi connectivity index (χ0n) is 15.8. The van der Waals surface area contributed by atoms with Gasteiger partial charge in [0.05, 0.1) is 30.7 Å². The number of hydrogen-bond acceptors (Lipinski definition) is 4. The van der Waals surface area contributed by atoms with Gasteiger partial charge in [-0.3, -0.25) is 0 Å². The Morgan fingerprint density at radius 1 is 1.21 bits per heavy atom. The van der Waals surface area contributed by atoms with Crippen molar-refractivity contribution in [2.45, 2.75) is 18.9 Å². The molecule has 2 N–H and O–H groups in total. The van der Waals surface area contributed by atoms with Gasteiger partial charge in [0, 0.05) is 17.6 Å². The minimum atomic E-state index is -3.64. The number of para-hydroxylation sites is 2. The summed E-state index contributed by atoms with van der Waals surface area (Å²) in [5.74, 6) is 0.473. The number of benzene rings is 2. The fourth-order valence-corrected chi connectivity index (χ4v) is 5.46. The summed E-state index contributed by atoms with van der Waals surface area (Å²) in [6, 6.07) is 11.7. The van der Waals surface area contributed by atoms with Crippen LogP contribution in [0.15, 0.2) is 42.5 Å². The van der Waals surface area contributed by atoms with E-state index in [-0.39, 0.29) is 19.1 Å². The first-order valence-electron chi connectivity index (χ1n) is 9.21. The van der Waals surface area contributed by atoms with Crippen molar-refractivity contribution in [3.63, 3.8) is 0 Å². The van der Waals surface area contributed by atoms with Crippen molar-refractivity contribution >= 4 is 44.9 Å². The molecular weight excluding hydrogens is 416 g/mol. The number of carbonyl (C=O) groups is 1. The Morgan fingerprint density at radius 3 is 2.62 bits per heavy atom. The van der Waals surface area contributed by atoms with Gasteiger partial charge >= 0.3 is 16.2 Å². The smallest absolute Gasteiger partial charge is 0.326 e. The van der Waals surface area contributed by atoms with E-state index in [9.17, 15) is 13.2 Å². The number of urea groups is 1. The van der Waals surface area contributed by atoms with Gasteiger partial charge < -0.3 is 15.4 Å². The van der Waals surface area contributed by atoms with Gasteiger partial charge in [-0.25, -0.2) is 13.4 Å². The Balaban J connectivity index is 1.42. The van der Waals surface area contributed by atoms with Crippen LogP contribution in [0.4, 0.5) is 21.9 Å². The van der Waals surface area contributed by atoms with E-state index >= 15 is 0 Å². The number of rotatable bonds is 6. The van der Waals surface area contributed by atoms with Crippen LogP contribution in [-0.4, -0.2) is 40.7 Å². The van der Waals surface area contributed by atoms with E-state index in [0.29, 0.717) is 27.8 Å². The lowest BCUT2D eigenvalue weighted by Crippen LogP contribution is -2.43. The maximum atomic E-state index is 13.0. The average molecular weight is 437 g/mol. The fourth-order valence-electron chi connectivity index (χ4n) is 3.36. The molecule has 4 rings (SSSR count). The molecule has 0 unspecified atom stereocenters. The molecule has 29 heavy (non-hydrogen) atoms. The second-order valence-electron chi connectivity index (χ2n) is 6.82. The van der Waals surface area contributed by atoms with Crippen LogP contribution in [0.5, 0.6) is 5.75 Å². The van der Waals surface area contributed by atoms with Gasteiger partial charge in [-0.1, -0.05) is 23.7 Å². The monoisotopic (exact) mass is 436 g/mol. The molecule has 0 saturated heterocycles.